The summed E-state index contributed by atoms with van der Waals surface area (Å²) in [6.45, 7) is 1.81. The second-order valence-corrected chi connectivity index (χ2v) is 6.88. The maximum atomic E-state index is 12.4. The predicted molar refractivity (Wildman–Crippen MR) is 90.1 cm³/mol. The molecule has 3 rings (SSSR count). The average molecular weight is 334 g/mol. The maximum absolute atomic E-state index is 12.4. The zero-order valence-corrected chi connectivity index (χ0v) is 13.5. The second kappa shape index (κ2) is 5.92. The van der Waals surface area contributed by atoms with E-state index >= 15 is 0 Å². The van der Waals surface area contributed by atoms with E-state index in [-0.39, 0.29) is 10.7 Å². The number of aromatic nitrogens is 2. The number of nitrogens with two attached hydrogens (primary N) is 1. The Labute approximate surface area is 134 Å². The third-order valence-corrected chi connectivity index (χ3v) is 4.92. The molecule has 0 aliphatic carbocycles. The van der Waals surface area contributed by atoms with Gasteiger partial charge in [0.25, 0.3) is 10.0 Å². The average Bonchev–Trinajstić information content (AvgIpc) is 2.45. The van der Waals surface area contributed by atoms with Crippen LogP contribution < -0.4 is 20.7 Å². The van der Waals surface area contributed by atoms with Crippen molar-refractivity contribution in [2.24, 2.45) is 0 Å². The second-order valence-electron chi connectivity index (χ2n) is 5.20. The summed E-state index contributed by atoms with van der Waals surface area (Å²) in [6, 6.07) is 7.62. The Hall–Kier alpha value is -2.55. The minimum absolute atomic E-state index is 0.127. The van der Waals surface area contributed by atoms with Crippen molar-refractivity contribution in [1.82, 2.24) is 9.97 Å². The van der Waals surface area contributed by atoms with E-state index in [4.69, 9.17) is 5.73 Å². The highest BCUT2D eigenvalue weighted by atomic mass is 32.2. The van der Waals surface area contributed by atoms with Gasteiger partial charge in [-0.2, -0.15) is 9.97 Å². The van der Waals surface area contributed by atoms with Crippen LogP contribution in [0.25, 0.3) is 0 Å². The number of nitrogen functional groups attached to an aromatic ring is 1. The molecule has 1 saturated heterocycles. The van der Waals surface area contributed by atoms with Gasteiger partial charge in [-0.3, -0.25) is 4.72 Å². The SMILES string of the molecule is CNc1nc(NS(=O)(=O)c2ccc(N)cc2)cc(N2CCC2)n1. The number of nitrogens with one attached hydrogen (secondary N) is 2. The molecule has 0 spiro atoms. The molecule has 1 aromatic heterocycles. The van der Waals surface area contributed by atoms with Crippen LogP contribution >= 0.6 is 0 Å². The topological polar surface area (TPSA) is 113 Å². The molecule has 1 aliphatic heterocycles. The molecule has 0 saturated carbocycles. The Bertz CT molecular complexity index is 803. The highest BCUT2D eigenvalue weighted by molar-refractivity contribution is 7.92. The molecule has 8 nitrogen and oxygen atoms in total. The molecule has 2 aromatic rings. The lowest BCUT2D eigenvalue weighted by Crippen LogP contribution is -2.37. The molecular formula is C14H18N6O2S. The van der Waals surface area contributed by atoms with Gasteiger partial charge < -0.3 is 16.0 Å². The van der Waals surface area contributed by atoms with Crippen molar-refractivity contribution in [2.45, 2.75) is 11.3 Å². The van der Waals surface area contributed by atoms with Gasteiger partial charge in [-0.05, 0) is 30.7 Å². The Morgan fingerprint density at radius 3 is 2.43 bits per heavy atom. The largest absolute Gasteiger partial charge is 0.399 e. The van der Waals surface area contributed by atoms with E-state index in [9.17, 15) is 8.42 Å². The third kappa shape index (κ3) is 3.29. The summed E-state index contributed by atoms with van der Waals surface area (Å²) in [4.78, 5) is 10.7. The molecule has 122 valence electrons. The minimum atomic E-state index is -3.73. The molecule has 2 heterocycles. The number of benzene rings is 1. The van der Waals surface area contributed by atoms with E-state index in [1.807, 2.05) is 0 Å². The fourth-order valence-corrected chi connectivity index (χ4v) is 3.14. The molecule has 0 unspecified atom stereocenters. The molecule has 0 amide bonds. The van der Waals surface area contributed by atoms with Crippen LogP contribution in [-0.4, -0.2) is 38.5 Å². The maximum Gasteiger partial charge on any atom is 0.263 e. The van der Waals surface area contributed by atoms with Crippen LogP contribution in [0.1, 0.15) is 6.42 Å². The zero-order chi connectivity index (χ0) is 16.4. The molecule has 4 N–H and O–H groups in total. The Morgan fingerprint density at radius 1 is 1.17 bits per heavy atom. The fraction of sp³-hybridized carbons (Fsp3) is 0.286. The van der Waals surface area contributed by atoms with Gasteiger partial charge in [-0.15, -0.1) is 0 Å². The van der Waals surface area contributed by atoms with Gasteiger partial charge >= 0.3 is 0 Å². The van der Waals surface area contributed by atoms with Crippen LogP contribution in [-0.2, 0) is 10.0 Å². The number of anilines is 4. The summed E-state index contributed by atoms with van der Waals surface area (Å²) in [5.41, 5.74) is 6.09. The molecule has 0 bridgehead atoms. The molecule has 0 radical (unpaired) electrons. The Balaban J connectivity index is 1.90. The quantitative estimate of drug-likeness (QED) is 0.702. The molecule has 1 aliphatic rings. The summed E-state index contributed by atoms with van der Waals surface area (Å²) in [5, 5.41) is 2.84. The van der Waals surface area contributed by atoms with E-state index in [0.29, 0.717) is 17.5 Å². The lowest BCUT2D eigenvalue weighted by atomic mass is 10.2. The fourth-order valence-electron chi connectivity index (χ4n) is 2.15. The van der Waals surface area contributed by atoms with Gasteiger partial charge in [0.2, 0.25) is 5.95 Å². The number of hydrogen-bond acceptors (Lipinski definition) is 7. The highest BCUT2D eigenvalue weighted by Crippen LogP contribution is 2.24. The van der Waals surface area contributed by atoms with Crippen molar-refractivity contribution in [3.8, 4) is 0 Å². The zero-order valence-electron chi connectivity index (χ0n) is 12.7. The smallest absolute Gasteiger partial charge is 0.263 e. The first-order valence-electron chi connectivity index (χ1n) is 7.18. The van der Waals surface area contributed by atoms with E-state index in [1.165, 1.54) is 12.1 Å². The number of sulfonamides is 1. The minimum Gasteiger partial charge on any atom is -0.399 e. The highest BCUT2D eigenvalue weighted by Gasteiger charge is 2.20. The van der Waals surface area contributed by atoms with E-state index in [0.717, 1.165) is 19.5 Å². The van der Waals surface area contributed by atoms with Crippen LogP contribution in [0.4, 0.5) is 23.3 Å². The lowest BCUT2D eigenvalue weighted by molar-refractivity contribution is 0.600. The summed E-state index contributed by atoms with van der Waals surface area (Å²) >= 11 is 0. The van der Waals surface area contributed by atoms with Gasteiger partial charge in [0, 0.05) is 31.9 Å². The van der Waals surface area contributed by atoms with Crippen molar-refractivity contribution in [3.05, 3.63) is 30.3 Å². The summed E-state index contributed by atoms with van der Waals surface area (Å²) < 4.78 is 27.3. The normalized spacial score (nSPS) is 14.2. The molecule has 1 fully saturated rings. The van der Waals surface area contributed by atoms with Gasteiger partial charge in [0.15, 0.2) is 0 Å². The Morgan fingerprint density at radius 2 is 1.87 bits per heavy atom. The van der Waals surface area contributed by atoms with Gasteiger partial charge in [0.05, 0.1) is 4.90 Å². The molecule has 9 heteroatoms. The summed E-state index contributed by atoms with van der Waals surface area (Å²) in [5.74, 6) is 1.29. The standard InChI is InChI=1S/C14H18N6O2S/c1-16-14-17-12(9-13(18-14)20-7-2-8-20)19-23(21,22)11-5-3-10(15)4-6-11/h3-6,9H,2,7-8,15H2,1H3,(H2,16,17,18,19). The molecule has 23 heavy (non-hydrogen) atoms. The van der Waals surface area contributed by atoms with Crippen molar-refractivity contribution in [3.63, 3.8) is 0 Å². The number of hydrogen-bond donors (Lipinski definition) is 3. The van der Waals surface area contributed by atoms with Crippen LogP contribution in [0.2, 0.25) is 0 Å². The first-order valence-corrected chi connectivity index (χ1v) is 8.66. The van der Waals surface area contributed by atoms with Crippen molar-refractivity contribution < 1.29 is 8.42 Å². The van der Waals surface area contributed by atoms with E-state index < -0.39 is 10.0 Å². The number of nitrogens with zero attached hydrogens (tertiary/aromatic N) is 3. The van der Waals surface area contributed by atoms with Gasteiger partial charge in [0.1, 0.15) is 11.6 Å². The van der Waals surface area contributed by atoms with Crippen LogP contribution in [0, 0.1) is 0 Å². The third-order valence-electron chi connectivity index (χ3n) is 3.55. The van der Waals surface area contributed by atoms with Crippen molar-refractivity contribution >= 4 is 33.3 Å². The van der Waals surface area contributed by atoms with Crippen molar-refractivity contribution in [1.29, 1.82) is 0 Å². The van der Waals surface area contributed by atoms with Crippen LogP contribution in [0.15, 0.2) is 35.2 Å². The monoisotopic (exact) mass is 334 g/mol. The van der Waals surface area contributed by atoms with E-state index in [1.54, 1.807) is 25.2 Å². The van der Waals surface area contributed by atoms with Crippen LogP contribution in [0.3, 0.4) is 0 Å². The van der Waals surface area contributed by atoms with Crippen LogP contribution in [0.5, 0.6) is 0 Å². The Kier molecular flexibility index (Phi) is 3.95. The molecule has 1 aromatic carbocycles. The molecule has 0 atom stereocenters. The predicted octanol–water partition coefficient (Wildman–Crippen LogP) is 1.11. The van der Waals surface area contributed by atoms with Gasteiger partial charge in [-0.25, -0.2) is 8.42 Å². The first kappa shape index (κ1) is 15.3. The first-order chi connectivity index (χ1) is 11.0. The molecular weight excluding hydrogens is 316 g/mol. The van der Waals surface area contributed by atoms with Crippen molar-refractivity contribution in [2.75, 3.05) is 40.8 Å². The van der Waals surface area contributed by atoms with E-state index in [2.05, 4.69) is 24.9 Å². The lowest BCUT2D eigenvalue weighted by Gasteiger charge is -2.32. The number of rotatable bonds is 5. The summed E-state index contributed by atoms with van der Waals surface area (Å²) in [7, 11) is -2.04. The van der Waals surface area contributed by atoms with Gasteiger partial charge in [-0.1, -0.05) is 0 Å². The summed E-state index contributed by atoms with van der Waals surface area (Å²) in [6.07, 6.45) is 1.10.